The Hall–Kier alpha value is -0.395. The molecular formula is C6H10BN3O3S. The molecule has 0 bridgehead atoms. The Morgan fingerprint density at radius 2 is 2.50 bits per heavy atom. The summed E-state index contributed by atoms with van der Waals surface area (Å²) in [7, 11) is 5.60. The highest BCUT2D eigenvalue weighted by Crippen LogP contribution is 2.37. The molecule has 4 unspecified atom stereocenters. The summed E-state index contributed by atoms with van der Waals surface area (Å²) in [4.78, 5) is 2.60. The van der Waals surface area contributed by atoms with Crippen LogP contribution in [0.15, 0.2) is 5.11 Å². The lowest BCUT2D eigenvalue weighted by Crippen LogP contribution is -2.42. The molecule has 2 radical (unpaired) electrons. The summed E-state index contributed by atoms with van der Waals surface area (Å²) < 4.78 is 10.0. The Labute approximate surface area is 88.2 Å². The van der Waals surface area contributed by atoms with Crippen molar-refractivity contribution in [2.75, 3.05) is 6.61 Å². The van der Waals surface area contributed by atoms with Gasteiger partial charge in [0, 0.05) is 16.8 Å². The summed E-state index contributed by atoms with van der Waals surface area (Å²) in [6, 6.07) is -0.648. The van der Waals surface area contributed by atoms with Gasteiger partial charge in [-0.05, 0) is 18.4 Å². The molecule has 0 spiro atoms. The van der Waals surface area contributed by atoms with Crippen molar-refractivity contribution in [3.63, 3.8) is 0 Å². The molecule has 1 saturated heterocycles. The van der Waals surface area contributed by atoms with Crippen LogP contribution in [0.25, 0.3) is 10.4 Å². The predicted molar refractivity (Wildman–Crippen MR) is 52.6 cm³/mol. The average molecular weight is 215 g/mol. The molecule has 1 aliphatic heterocycles. The van der Waals surface area contributed by atoms with E-state index in [-0.39, 0.29) is 5.92 Å². The Kier molecular flexibility index (Phi) is 3.68. The van der Waals surface area contributed by atoms with Gasteiger partial charge in [0.25, 0.3) is 0 Å². The van der Waals surface area contributed by atoms with E-state index >= 15 is 0 Å². The molecule has 0 aromatic rings. The van der Waals surface area contributed by atoms with Gasteiger partial charge in [-0.25, -0.2) is 0 Å². The van der Waals surface area contributed by atoms with E-state index in [2.05, 4.69) is 22.9 Å². The number of nitrogens with zero attached hydrogens (tertiary/aromatic N) is 3. The van der Waals surface area contributed by atoms with E-state index in [1.807, 2.05) is 0 Å². The molecule has 1 N–H and O–H groups in total. The van der Waals surface area contributed by atoms with E-state index in [9.17, 15) is 0 Å². The van der Waals surface area contributed by atoms with Crippen LogP contribution in [-0.4, -0.2) is 37.4 Å². The minimum Gasteiger partial charge on any atom is -0.393 e. The monoisotopic (exact) mass is 215 g/mol. The highest BCUT2D eigenvalue weighted by Gasteiger charge is 2.51. The Morgan fingerprint density at radius 1 is 1.86 bits per heavy atom. The third-order valence-electron chi connectivity index (χ3n) is 2.33. The lowest BCUT2D eigenvalue weighted by atomic mass is 9.85. The van der Waals surface area contributed by atoms with E-state index < -0.39 is 24.4 Å². The fraction of sp³-hybridized carbons (Fsp3) is 1.00. The van der Waals surface area contributed by atoms with Crippen molar-refractivity contribution in [3.8, 4) is 0 Å². The number of aliphatic hydroxyl groups is 1. The van der Waals surface area contributed by atoms with Gasteiger partial charge in [-0.1, -0.05) is 12.0 Å². The number of thiol groups is 1. The minimum atomic E-state index is -1.46. The van der Waals surface area contributed by atoms with Crippen molar-refractivity contribution in [1.29, 1.82) is 0 Å². The van der Waals surface area contributed by atoms with Gasteiger partial charge in [0.05, 0.1) is 6.61 Å². The van der Waals surface area contributed by atoms with Gasteiger partial charge in [0.1, 0.15) is 14.0 Å². The van der Waals surface area contributed by atoms with Gasteiger partial charge in [-0.15, -0.1) is 0 Å². The van der Waals surface area contributed by atoms with Gasteiger partial charge in [-0.3, -0.25) is 0 Å². The maximum Gasteiger partial charge on any atom is 0.196 e. The summed E-state index contributed by atoms with van der Waals surface area (Å²) in [5.41, 5.74) is 6.89. The molecule has 1 rings (SSSR count). The topological polar surface area (TPSA) is 87.5 Å². The van der Waals surface area contributed by atoms with Crippen molar-refractivity contribution in [3.05, 3.63) is 10.4 Å². The van der Waals surface area contributed by atoms with Gasteiger partial charge in [-0.2, -0.15) is 0 Å². The summed E-state index contributed by atoms with van der Waals surface area (Å²) in [5.74, 6) is -0.217. The van der Waals surface area contributed by atoms with Crippen molar-refractivity contribution >= 4 is 20.8 Å². The molecule has 1 aliphatic rings. The number of rotatable bonds is 3. The third-order valence-corrected chi connectivity index (χ3v) is 2.56. The van der Waals surface area contributed by atoms with Crippen molar-refractivity contribution in [2.24, 2.45) is 11.0 Å². The Bertz CT molecular complexity index is 263. The molecule has 0 aliphatic carbocycles. The van der Waals surface area contributed by atoms with E-state index in [0.717, 1.165) is 0 Å². The molecule has 6 nitrogen and oxygen atoms in total. The van der Waals surface area contributed by atoms with Crippen LogP contribution in [0.4, 0.5) is 0 Å². The van der Waals surface area contributed by atoms with Crippen LogP contribution in [0.2, 0.25) is 0 Å². The molecule has 1 heterocycles. The number of aliphatic hydroxyl groups excluding tert-OH is 1. The first-order valence-electron chi connectivity index (χ1n) is 4.02. The van der Waals surface area contributed by atoms with Crippen LogP contribution >= 0.6 is 12.9 Å². The Balaban J connectivity index is 3.00. The van der Waals surface area contributed by atoms with Crippen molar-refractivity contribution in [1.82, 2.24) is 0 Å². The highest BCUT2D eigenvalue weighted by molar-refractivity contribution is 7.75. The van der Waals surface area contributed by atoms with Crippen molar-refractivity contribution in [2.45, 2.75) is 24.8 Å². The van der Waals surface area contributed by atoms with E-state index in [1.165, 1.54) is 0 Å². The number of azide groups is 1. The molecule has 0 amide bonds. The average Bonchev–Trinajstić information content (AvgIpc) is 2.40. The van der Waals surface area contributed by atoms with Crippen LogP contribution in [-0.2, 0) is 8.92 Å². The van der Waals surface area contributed by atoms with Gasteiger partial charge >= 0.3 is 0 Å². The first kappa shape index (κ1) is 11.7. The number of hydrogen-bond acceptors (Lipinski definition) is 5. The maximum atomic E-state index is 9.13. The zero-order chi connectivity index (χ0) is 10.8. The maximum absolute atomic E-state index is 9.13. The van der Waals surface area contributed by atoms with E-state index in [1.54, 1.807) is 6.92 Å². The molecule has 1 fully saturated rings. The first-order chi connectivity index (χ1) is 6.61. The van der Waals surface area contributed by atoms with E-state index in [4.69, 9.17) is 27.4 Å². The predicted octanol–water partition coefficient (Wildman–Crippen LogP) is 0.376. The normalized spacial score (nSPS) is 42.1. The molecular weight excluding hydrogens is 205 g/mol. The molecule has 0 aromatic carbocycles. The van der Waals surface area contributed by atoms with Crippen LogP contribution in [0.1, 0.15) is 6.92 Å². The van der Waals surface area contributed by atoms with E-state index in [0.29, 0.717) is 0 Å². The number of ether oxygens (including phenoxy) is 1. The summed E-state index contributed by atoms with van der Waals surface area (Å²) >= 11 is 3.65. The summed E-state index contributed by atoms with van der Waals surface area (Å²) in [6.45, 7) is 1.26. The largest absolute Gasteiger partial charge is 0.393 e. The minimum absolute atomic E-state index is 0.217. The van der Waals surface area contributed by atoms with Crippen LogP contribution in [0, 0.1) is 5.92 Å². The first-order valence-corrected chi connectivity index (χ1v) is 4.38. The zero-order valence-corrected chi connectivity index (χ0v) is 8.46. The smallest absolute Gasteiger partial charge is 0.196 e. The quantitative estimate of drug-likeness (QED) is 0.178. The third kappa shape index (κ3) is 1.71. The van der Waals surface area contributed by atoms with Crippen LogP contribution in [0.3, 0.4) is 0 Å². The number of hydrogen-bond donors (Lipinski definition) is 2. The standard InChI is InChI=1S/C6H10BN3O3S/c1-3-4(13-14)6(2-11,9-10-8)12-5(3)7/h3-5,11,14H,2H2,1H3. The summed E-state index contributed by atoms with van der Waals surface area (Å²) in [6.07, 6.45) is -0.665. The highest BCUT2D eigenvalue weighted by atomic mass is 32.1. The molecule has 8 heteroatoms. The summed E-state index contributed by atoms with van der Waals surface area (Å²) in [5, 5.41) is 12.5. The lowest BCUT2D eigenvalue weighted by molar-refractivity contribution is -0.0814. The lowest BCUT2D eigenvalue weighted by Gasteiger charge is -2.26. The van der Waals surface area contributed by atoms with Crippen LogP contribution in [0.5, 0.6) is 0 Å². The second-order valence-corrected chi connectivity index (χ2v) is 3.37. The van der Waals surface area contributed by atoms with Gasteiger partial charge in [0.2, 0.25) is 0 Å². The zero-order valence-electron chi connectivity index (χ0n) is 7.57. The fourth-order valence-electron chi connectivity index (χ4n) is 1.49. The SMILES string of the molecule is [B]C1OC(CO)(N=[N+]=[N-])C(OS)C1C. The van der Waals surface area contributed by atoms with Crippen molar-refractivity contribution < 1.29 is 14.0 Å². The molecule has 0 aromatic heterocycles. The van der Waals surface area contributed by atoms with Gasteiger partial charge < -0.3 is 14.0 Å². The molecule has 76 valence electrons. The molecule has 14 heavy (non-hydrogen) atoms. The second-order valence-electron chi connectivity index (χ2n) is 3.16. The second kappa shape index (κ2) is 4.42. The Morgan fingerprint density at radius 3 is 2.93 bits per heavy atom. The van der Waals surface area contributed by atoms with Crippen LogP contribution < -0.4 is 0 Å². The van der Waals surface area contributed by atoms with Gasteiger partial charge in [0.15, 0.2) is 5.72 Å². The molecule has 0 saturated carbocycles. The molecule has 4 atom stereocenters. The fourth-order valence-corrected chi connectivity index (χ4v) is 1.84.